The summed E-state index contributed by atoms with van der Waals surface area (Å²) in [5, 5.41) is 2.79. The van der Waals surface area contributed by atoms with Crippen LogP contribution in [0.25, 0.3) is 0 Å². The van der Waals surface area contributed by atoms with Crippen LogP contribution in [0.15, 0.2) is 12.1 Å². The highest BCUT2D eigenvalue weighted by atomic mass is 16.5. The van der Waals surface area contributed by atoms with E-state index in [0.717, 1.165) is 29.0 Å². The molecule has 4 nitrogen and oxygen atoms in total. The van der Waals surface area contributed by atoms with Gasteiger partial charge in [0.2, 0.25) is 0 Å². The topological polar surface area (TPSA) is 64.3 Å². The Bertz CT molecular complexity index is 442. The van der Waals surface area contributed by atoms with Gasteiger partial charge >= 0.3 is 0 Å². The van der Waals surface area contributed by atoms with Crippen molar-refractivity contribution < 1.29 is 9.53 Å². The molecule has 0 atom stereocenters. The van der Waals surface area contributed by atoms with Crippen molar-refractivity contribution in [1.82, 2.24) is 5.32 Å². The normalized spacial score (nSPS) is 10.6. The number of hydrogen-bond donors (Lipinski definition) is 2. The molecule has 1 aromatic rings. The molecule has 1 amide bonds. The van der Waals surface area contributed by atoms with Gasteiger partial charge in [0.1, 0.15) is 5.75 Å². The first-order valence-corrected chi connectivity index (χ1v) is 6.75. The van der Waals surface area contributed by atoms with E-state index in [1.807, 2.05) is 26.0 Å². The Hall–Kier alpha value is -1.71. The fourth-order valence-corrected chi connectivity index (χ4v) is 1.75. The van der Waals surface area contributed by atoms with Gasteiger partial charge in [-0.2, -0.15) is 0 Å². The lowest BCUT2D eigenvalue weighted by Gasteiger charge is -2.16. The number of hydrogen-bond acceptors (Lipinski definition) is 3. The van der Waals surface area contributed by atoms with Crippen molar-refractivity contribution >= 4 is 11.6 Å². The second-order valence-corrected chi connectivity index (χ2v) is 5.04. The summed E-state index contributed by atoms with van der Waals surface area (Å²) in [6.45, 7) is 8.83. The third kappa shape index (κ3) is 4.47. The van der Waals surface area contributed by atoms with Crippen molar-refractivity contribution in [3.8, 4) is 5.75 Å². The quantitative estimate of drug-likeness (QED) is 0.776. The molecule has 0 bridgehead atoms. The van der Waals surface area contributed by atoms with Gasteiger partial charge in [0.05, 0.1) is 0 Å². The van der Waals surface area contributed by atoms with Gasteiger partial charge in [-0.25, -0.2) is 0 Å². The maximum absolute atomic E-state index is 11.5. The van der Waals surface area contributed by atoms with Gasteiger partial charge < -0.3 is 15.8 Å². The van der Waals surface area contributed by atoms with E-state index in [4.69, 9.17) is 10.5 Å². The molecule has 0 radical (unpaired) electrons. The maximum atomic E-state index is 11.5. The largest absolute Gasteiger partial charge is 0.483 e. The van der Waals surface area contributed by atoms with Crippen LogP contribution in [0.5, 0.6) is 5.75 Å². The number of ether oxygens (including phenoxy) is 1. The second-order valence-electron chi connectivity index (χ2n) is 5.04. The number of amides is 1. The molecule has 0 aliphatic carbocycles. The molecule has 0 saturated carbocycles. The third-order valence-corrected chi connectivity index (χ3v) is 2.95. The fraction of sp³-hybridized carbons (Fsp3) is 0.533. The lowest BCUT2D eigenvalue weighted by Crippen LogP contribution is -2.29. The minimum Gasteiger partial charge on any atom is -0.483 e. The highest BCUT2D eigenvalue weighted by molar-refractivity contribution is 5.77. The summed E-state index contributed by atoms with van der Waals surface area (Å²) in [6.07, 6.45) is 0.921. The van der Waals surface area contributed by atoms with Crippen LogP contribution in [-0.4, -0.2) is 19.1 Å². The SMILES string of the molecule is CCCNC(=O)COc1cc(C)c(N)cc1C(C)C. The summed E-state index contributed by atoms with van der Waals surface area (Å²) in [6, 6.07) is 3.83. The summed E-state index contributed by atoms with van der Waals surface area (Å²) in [5.41, 5.74) is 8.67. The van der Waals surface area contributed by atoms with Gasteiger partial charge in [-0.1, -0.05) is 20.8 Å². The van der Waals surface area contributed by atoms with Crippen molar-refractivity contribution in [3.05, 3.63) is 23.3 Å². The fourth-order valence-electron chi connectivity index (χ4n) is 1.75. The minimum atomic E-state index is -0.0916. The zero-order chi connectivity index (χ0) is 14.4. The van der Waals surface area contributed by atoms with E-state index in [1.165, 1.54) is 0 Å². The van der Waals surface area contributed by atoms with Gasteiger partial charge in [-0.3, -0.25) is 4.79 Å². The van der Waals surface area contributed by atoms with Crippen molar-refractivity contribution in [3.63, 3.8) is 0 Å². The van der Waals surface area contributed by atoms with Crippen LogP contribution >= 0.6 is 0 Å². The average molecular weight is 264 g/mol. The van der Waals surface area contributed by atoms with Crippen molar-refractivity contribution in [2.45, 2.75) is 40.0 Å². The zero-order valence-electron chi connectivity index (χ0n) is 12.2. The lowest BCUT2D eigenvalue weighted by molar-refractivity contribution is -0.123. The Morgan fingerprint density at radius 1 is 1.42 bits per heavy atom. The molecule has 1 rings (SSSR count). The number of anilines is 1. The molecule has 3 N–H and O–H groups in total. The first-order chi connectivity index (χ1) is 8.95. The predicted octanol–water partition coefficient (Wildman–Crippen LogP) is 2.61. The van der Waals surface area contributed by atoms with Gasteiger partial charge in [0, 0.05) is 12.2 Å². The molecule has 0 aliphatic rings. The number of carbonyl (C=O) groups is 1. The molecular formula is C15H24N2O2. The van der Waals surface area contributed by atoms with E-state index in [-0.39, 0.29) is 12.5 Å². The lowest BCUT2D eigenvalue weighted by atomic mass is 9.99. The molecule has 4 heteroatoms. The number of nitrogens with two attached hydrogens (primary N) is 1. The van der Waals surface area contributed by atoms with E-state index in [9.17, 15) is 4.79 Å². The highest BCUT2D eigenvalue weighted by Gasteiger charge is 2.12. The number of aryl methyl sites for hydroxylation is 1. The van der Waals surface area contributed by atoms with Crippen LogP contribution in [0, 0.1) is 6.92 Å². The Balaban J connectivity index is 2.77. The van der Waals surface area contributed by atoms with Crippen molar-refractivity contribution in [2.75, 3.05) is 18.9 Å². The summed E-state index contributed by atoms with van der Waals surface area (Å²) in [4.78, 5) is 11.5. The van der Waals surface area contributed by atoms with Gasteiger partial charge in [-0.15, -0.1) is 0 Å². The van der Waals surface area contributed by atoms with Crippen molar-refractivity contribution in [1.29, 1.82) is 0 Å². The summed E-state index contributed by atoms with van der Waals surface area (Å²) in [5.74, 6) is 0.955. The smallest absolute Gasteiger partial charge is 0.257 e. The molecular weight excluding hydrogens is 240 g/mol. The van der Waals surface area contributed by atoms with E-state index >= 15 is 0 Å². The second kappa shape index (κ2) is 7.02. The van der Waals surface area contributed by atoms with Crippen LogP contribution in [-0.2, 0) is 4.79 Å². The number of carbonyl (C=O) groups excluding carboxylic acids is 1. The molecule has 0 aromatic heterocycles. The predicted molar refractivity (Wildman–Crippen MR) is 78.5 cm³/mol. The van der Waals surface area contributed by atoms with Crippen LogP contribution in [0.3, 0.4) is 0 Å². The monoisotopic (exact) mass is 264 g/mol. The third-order valence-electron chi connectivity index (χ3n) is 2.95. The van der Waals surface area contributed by atoms with E-state index in [0.29, 0.717) is 12.5 Å². The maximum Gasteiger partial charge on any atom is 0.257 e. The van der Waals surface area contributed by atoms with E-state index in [1.54, 1.807) is 0 Å². The standard InChI is InChI=1S/C15H24N2O2/c1-5-6-17-15(18)9-19-14-7-11(4)13(16)8-12(14)10(2)3/h7-8,10H,5-6,9,16H2,1-4H3,(H,17,18). The van der Waals surface area contributed by atoms with Gasteiger partial charge in [-0.05, 0) is 42.5 Å². The molecule has 106 valence electrons. The Labute approximate surface area is 115 Å². The number of nitrogen functional groups attached to an aromatic ring is 1. The minimum absolute atomic E-state index is 0.0447. The zero-order valence-corrected chi connectivity index (χ0v) is 12.2. The number of rotatable bonds is 6. The van der Waals surface area contributed by atoms with Crippen LogP contribution in [0.4, 0.5) is 5.69 Å². The van der Waals surface area contributed by atoms with Crippen molar-refractivity contribution in [2.24, 2.45) is 0 Å². The molecule has 0 aliphatic heterocycles. The highest BCUT2D eigenvalue weighted by Crippen LogP contribution is 2.30. The molecule has 0 spiro atoms. The van der Waals surface area contributed by atoms with Gasteiger partial charge in [0.25, 0.3) is 5.91 Å². The molecule has 0 heterocycles. The molecule has 1 aromatic carbocycles. The summed E-state index contributed by atoms with van der Waals surface area (Å²) < 4.78 is 5.63. The first-order valence-electron chi connectivity index (χ1n) is 6.75. The van der Waals surface area contributed by atoms with E-state index in [2.05, 4.69) is 19.2 Å². The molecule has 19 heavy (non-hydrogen) atoms. The van der Waals surface area contributed by atoms with Crippen LogP contribution in [0.2, 0.25) is 0 Å². The molecule has 0 saturated heterocycles. The molecule has 0 fully saturated rings. The Morgan fingerprint density at radius 2 is 2.11 bits per heavy atom. The Morgan fingerprint density at radius 3 is 2.68 bits per heavy atom. The molecule has 0 unspecified atom stereocenters. The average Bonchev–Trinajstić information content (AvgIpc) is 2.36. The van der Waals surface area contributed by atoms with Crippen LogP contribution < -0.4 is 15.8 Å². The van der Waals surface area contributed by atoms with Gasteiger partial charge in [0.15, 0.2) is 6.61 Å². The number of nitrogens with one attached hydrogen (secondary N) is 1. The Kier molecular flexibility index (Phi) is 5.67. The summed E-state index contributed by atoms with van der Waals surface area (Å²) >= 11 is 0. The number of benzene rings is 1. The summed E-state index contributed by atoms with van der Waals surface area (Å²) in [7, 11) is 0. The van der Waals surface area contributed by atoms with E-state index < -0.39 is 0 Å². The van der Waals surface area contributed by atoms with Crippen LogP contribution in [0.1, 0.15) is 44.2 Å². The first kappa shape index (κ1) is 15.3.